The summed E-state index contributed by atoms with van der Waals surface area (Å²) in [7, 11) is 1.31. The highest BCUT2D eigenvalue weighted by Gasteiger charge is 2.21. The number of carbonyl (C=O) groups excluding carboxylic acids is 2. The molecule has 1 aromatic carbocycles. The van der Waals surface area contributed by atoms with Crippen LogP contribution in [0.25, 0.3) is 0 Å². The molecule has 0 radical (unpaired) electrons. The highest BCUT2D eigenvalue weighted by Crippen LogP contribution is 2.12. The third kappa shape index (κ3) is 9.13. The number of rotatable bonds is 12. The van der Waals surface area contributed by atoms with Crippen molar-refractivity contribution in [2.24, 2.45) is 0 Å². The Bertz CT molecular complexity index is 513. The van der Waals surface area contributed by atoms with Gasteiger partial charge in [-0.3, -0.25) is 4.79 Å². The van der Waals surface area contributed by atoms with Gasteiger partial charge in [0.05, 0.1) is 7.11 Å². The minimum absolute atomic E-state index is 0.122. The van der Waals surface area contributed by atoms with E-state index in [0.717, 1.165) is 24.8 Å². The highest BCUT2D eigenvalue weighted by molar-refractivity contribution is 5.84. The van der Waals surface area contributed by atoms with Crippen molar-refractivity contribution in [3.05, 3.63) is 29.8 Å². The lowest BCUT2D eigenvalue weighted by molar-refractivity contribution is -0.145. The largest absolute Gasteiger partial charge is 0.508 e. The number of phenolic OH excluding ortho intramolecular Hbond substituents is 1. The molecule has 5 nitrogen and oxygen atoms in total. The summed E-state index contributed by atoms with van der Waals surface area (Å²) in [5.74, 6) is -0.412. The van der Waals surface area contributed by atoms with E-state index in [1.165, 1.54) is 32.8 Å². The average Bonchev–Trinajstić information content (AvgIpc) is 2.61. The molecule has 0 saturated heterocycles. The van der Waals surface area contributed by atoms with Gasteiger partial charge in [0.25, 0.3) is 0 Å². The van der Waals surface area contributed by atoms with Crippen LogP contribution in [0.4, 0.5) is 0 Å². The Kier molecular flexibility index (Phi) is 10.4. The lowest BCUT2D eigenvalue weighted by Crippen LogP contribution is -2.43. The van der Waals surface area contributed by atoms with Crippen molar-refractivity contribution in [3.63, 3.8) is 0 Å². The number of unbranched alkanes of at least 4 members (excludes halogenated alkanes) is 6. The van der Waals surface area contributed by atoms with Crippen molar-refractivity contribution < 1.29 is 19.4 Å². The maximum Gasteiger partial charge on any atom is 0.328 e. The van der Waals surface area contributed by atoms with Crippen molar-refractivity contribution in [1.29, 1.82) is 0 Å². The molecule has 1 amide bonds. The van der Waals surface area contributed by atoms with Crippen LogP contribution < -0.4 is 5.32 Å². The summed E-state index contributed by atoms with van der Waals surface area (Å²) in [6.45, 7) is 2.19. The molecule has 1 rings (SSSR count). The topological polar surface area (TPSA) is 75.6 Å². The van der Waals surface area contributed by atoms with E-state index in [0.29, 0.717) is 12.8 Å². The Balaban J connectivity index is 2.37. The van der Waals surface area contributed by atoms with Gasteiger partial charge in [-0.2, -0.15) is 0 Å². The normalized spacial score (nSPS) is 11.8. The number of ether oxygens (including phenoxy) is 1. The summed E-state index contributed by atoms with van der Waals surface area (Å²) in [6.07, 6.45) is 8.80. The van der Waals surface area contributed by atoms with Crippen molar-refractivity contribution in [2.75, 3.05) is 7.11 Å². The number of nitrogens with one attached hydrogen (secondary N) is 1. The monoisotopic (exact) mass is 349 g/mol. The van der Waals surface area contributed by atoms with Crippen molar-refractivity contribution >= 4 is 11.9 Å². The summed E-state index contributed by atoms with van der Waals surface area (Å²) in [5.41, 5.74) is 0.851. The van der Waals surface area contributed by atoms with E-state index in [1.54, 1.807) is 24.3 Å². The summed E-state index contributed by atoms with van der Waals surface area (Å²) >= 11 is 0. The molecule has 0 aliphatic rings. The van der Waals surface area contributed by atoms with Crippen LogP contribution in [0.15, 0.2) is 24.3 Å². The predicted molar refractivity (Wildman–Crippen MR) is 98.4 cm³/mol. The molecular formula is C20H31NO4. The Morgan fingerprint density at radius 2 is 1.64 bits per heavy atom. The van der Waals surface area contributed by atoms with E-state index in [-0.39, 0.29) is 11.7 Å². The molecule has 0 aromatic heterocycles. The number of amides is 1. The number of phenols is 1. The average molecular weight is 349 g/mol. The number of benzene rings is 1. The molecule has 0 spiro atoms. The van der Waals surface area contributed by atoms with Gasteiger partial charge in [-0.25, -0.2) is 4.79 Å². The molecular weight excluding hydrogens is 318 g/mol. The van der Waals surface area contributed by atoms with Crippen molar-refractivity contribution in [2.45, 2.75) is 70.8 Å². The van der Waals surface area contributed by atoms with Crippen LogP contribution in [-0.2, 0) is 20.7 Å². The van der Waals surface area contributed by atoms with Gasteiger partial charge >= 0.3 is 5.97 Å². The summed E-state index contributed by atoms with van der Waals surface area (Å²) in [4.78, 5) is 24.0. The molecule has 1 aromatic rings. The van der Waals surface area contributed by atoms with Crippen LogP contribution in [0.2, 0.25) is 0 Å². The van der Waals surface area contributed by atoms with Gasteiger partial charge in [0.1, 0.15) is 11.8 Å². The first-order valence-corrected chi connectivity index (χ1v) is 9.22. The molecule has 0 saturated carbocycles. The number of carbonyl (C=O) groups is 2. The van der Waals surface area contributed by atoms with Crippen molar-refractivity contribution in [1.82, 2.24) is 5.32 Å². The first kappa shape index (κ1) is 21.0. The van der Waals surface area contributed by atoms with Gasteiger partial charge in [-0.05, 0) is 24.1 Å². The Labute approximate surface area is 150 Å². The van der Waals surface area contributed by atoms with Gasteiger partial charge in [-0.1, -0.05) is 57.6 Å². The number of methoxy groups -OCH3 is 1. The second-order valence-corrected chi connectivity index (χ2v) is 6.39. The number of hydrogen-bond acceptors (Lipinski definition) is 4. The first-order chi connectivity index (χ1) is 12.1. The molecule has 0 aliphatic heterocycles. The second kappa shape index (κ2) is 12.3. The third-order valence-electron chi connectivity index (χ3n) is 4.20. The van der Waals surface area contributed by atoms with Crippen LogP contribution in [0.5, 0.6) is 5.75 Å². The molecule has 1 atom stereocenters. The number of hydrogen-bond donors (Lipinski definition) is 2. The second-order valence-electron chi connectivity index (χ2n) is 6.39. The van der Waals surface area contributed by atoms with Gasteiger partial charge in [0, 0.05) is 12.8 Å². The number of aromatic hydroxyl groups is 1. The molecule has 0 aliphatic carbocycles. The summed E-state index contributed by atoms with van der Waals surface area (Å²) < 4.78 is 4.79. The molecule has 0 heterocycles. The van der Waals surface area contributed by atoms with Gasteiger partial charge in [0.2, 0.25) is 5.91 Å². The fourth-order valence-electron chi connectivity index (χ4n) is 2.71. The quantitative estimate of drug-likeness (QED) is 0.445. The molecule has 140 valence electrons. The third-order valence-corrected chi connectivity index (χ3v) is 4.20. The highest BCUT2D eigenvalue weighted by atomic mass is 16.5. The molecule has 2 N–H and O–H groups in total. The molecule has 25 heavy (non-hydrogen) atoms. The zero-order valence-electron chi connectivity index (χ0n) is 15.4. The van der Waals surface area contributed by atoms with E-state index in [2.05, 4.69) is 12.2 Å². The summed E-state index contributed by atoms with van der Waals surface area (Å²) in [5, 5.41) is 12.1. The van der Waals surface area contributed by atoms with Crippen LogP contribution in [-0.4, -0.2) is 30.1 Å². The van der Waals surface area contributed by atoms with Gasteiger partial charge in [0.15, 0.2) is 0 Å². The Hall–Kier alpha value is -2.04. The number of esters is 1. The standard InChI is InChI=1S/C20H31NO4/c1-3-4-5-6-7-8-9-10-19(23)21-18(20(24)25-2)15-16-11-13-17(22)14-12-16/h11-14,18,22H,3-10,15H2,1-2H3,(H,21,23)/t18-/m0/s1. The molecule has 5 heteroatoms. The smallest absolute Gasteiger partial charge is 0.328 e. The van der Waals surface area contributed by atoms with Crippen LogP contribution in [0.1, 0.15) is 63.9 Å². The van der Waals surface area contributed by atoms with E-state index >= 15 is 0 Å². The maximum absolute atomic E-state index is 12.1. The lowest BCUT2D eigenvalue weighted by Gasteiger charge is -2.16. The van der Waals surface area contributed by atoms with Gasteiger partial charge < -0.3 is 15.2 Å². The molecule has 0 unspecified atom stereocenters. The Morgan fingerprint density at radius 1 is 1.04 bits per heavy atom. The first-order valence-electron chi connectivity index (χ1n) is 9.22. The molecule has 0 bridgehead atoms. The van der Waals surface area contributed by atoms with Crippen LogP contribution in [0, 0.1) is 0 Å². The fraction of sp³-hybridized carbons (Fsp3) is 0.600. The SMILES string of the molecule is CCCCCCCCCC(=O)N[C@@H](Cc1ccc(O)cc1)C(=O)OC. The van der Waals surface area contributed by atoms with E-state index in [1.807, 2.05) is 0 Å². The van der Waals surface area contributed by atoms with Crippen molar-refractivity contribution in [3.8, 4) is 5.75 Å². The summed E-state index contributed by atoms with van der Waals surface area (Å²) in [6, 6.07) is 5.88. The lowest BCUT2D eigenvalue weighted by atomic mass is 10.0. The van der Waals surface area contributed by atoms with E-state index in [4.69, 9.17) is 4.74 Å². The minimum atomic E-state index is -0.702. The van der Waals surface area contributed by atoms with Gasteiger partial charge in [-0.15, -0.1) is 0 Å². The zero-order valence-corrected chi connectivity index (χ0v) is 15.4. The van der Waals surface area contributed by atoms with Crippen LogP contribution in [0.3, 0.4) is 0 Å². The maximum atomic E-state index is 12.1. The van der Waals surface area contributed by atoms with E-state index < -0.39 is 12.0 Å². The predicted octanol–water partition coefficient (Wildman–Crippen LogP) is 3.73. The fourth-order valence-corrected chi connectivity index (χ4v) is 2.71. The minimum Gasteiger partial charge on any atom is -0.508 e. The Morgan fingerprint density at radius 3 is 2.24 bits per heavy atom. The van der Waals surface area contributed by atoms with E-state index in [9.17, 15) is 14.7 Å². The molecule has 0 fully saturated rings. The van der Waals surface area contributed by atoms with Crippen LogP contribution >= 0.6 is 0 Å². The zero-order chi connectivity index (χ0) is 18.5.